The molecule has 1 heterocycles. The predicted octanol–water partition coefficient (Wildman–Crippen LogP) is 3.02. The molecule has 0 fully saturated rings. The van der Waals surface area contributed by atoms with Gasteiger partial charge in [-0.3, -0.25) is 4.79 Å². The lowest BCUT2D eigenvalue weighted by molar-refractivity contribution is -0.132. The van der Waals surface area contributed by atoms with Crippen molar-refractivity contribution in [3.63, 3.8) is 0 Å². The summed E-state index contributed by atoms with van der Waals surface area (Å²) in [5.41, 5.74) is 0.355. The van der Waals surface area contributed by atoms with Crippen LogP contribution in [0.1, 0.15) is 19.9 Å². The molecular formula is C13H15F2N3OS. The van der Waals surface area contributed by atoms with Crippen LogP contribution in [0, 0.1) is 16.4 Å². The van der Waals surface area contributed by atoms with Crippen molar-refractivity contribution in [2.75, 3.05) is 13.6 Å². The van der Waals surface area contributed by atoms with E-state index in [1.54, 1.807) is 14.0 Å². The van der Waals surface area contributed by atoms with Gasteiger partial charge in [0.25, 0.3) is 0 Å². The number of hydrogen-bond acceptors (Lipinski definition) is 2. The number of halogens is 2. The molecule has 2 aromatic rings. The Morgan fingerprint density at radius 1 is 1.50 bits per heavy atom. The van der Waals surface area contributed by atoms with E-state index in [0.717, 1.165) is 6.07 Å². The van der Waals surface area contributed by atoms with Crippen LogP contribution in [0.4, 0.5) is 8.78 Å². The minimum Gasteiger partial charge on any atom is -0.344 e. The number of imidazole rings is 1. The molecule has 20 heavy (non-hydrogen) atoms. The summed E-state index contributed by atoms with van der Waals surface area (Å²) in [5.74, 6) is -1.61. The molecule has 0 spiro atoms. The van der Waals surface area contributed by atoms with Crippen LogP contribution in [0.3, 0.4) is 0 Å². The summed E-state index contributed by atoms with van der Waals surface area (Å²) in [4.78, 5) is 16.4. The third-order valence-electron chi connectivity index (χ3n) is 3.34. The van der Waals surface area contributed by atoms with Crippen LogP contribution < -0.4 is 0 Å². The standard InChI is InChI=1S/C13H15F2N3OS/c1-4-17(3)12(19)7(2)18-10-6-8(14)5-9(15)11(10)16-13(18)20/h5-7H,4H2,1-3H3,(H,16,20). The molecule has 0 aliphatic carbocycles. The number of likely N-dealkylation sites (N-methyl/N-ethyl adjacent to an activating group) is 1. The first-order valence-corrected chi connectivity index (χ1v) is 6.61. The van der Waals surface area contributed by atoms with Gasteiger partial charge in [-0.25, -0.2) is 8.78 Å². The molecule has 1 amide bonds. The van der Waals surface area contributed by atoms with Gasteiger partial charge in [0.1, 0.15) is 17.4 Å². The molecule has 1 unspecified atom stereocenters. The van der Waals surface area contributed by atoms with Gasteiger partial charge >= 0.3 is 0 Å². The minimum absolute atomic E-state index is 0.107. The Morgan fingerprint density at radius 3 is 2.75 bits per heavy atom. The van der Waals surface area contributed by atoms with Crippen LogP contribution in [-0.2, 0) is 4.79 Å². The Labute approximate surface area is 120 Å². The summed E-state index contributed by atoms with van der Waals surface area (Å²) >= 11 is 5.12. The van der Waals surface area contributed by atoms with Crippen LogP contribution in [-0.4, -0.2) is 34.0 Å². The molecule has 1 atom stereocenters. The number of aromatic nitrogens is 2. The molecule has 0 bridgehead atoms. The monoisotopic (exact) mass is 299 g/mol. The van der Waals surface area contributed by atoms with Gasteiger partial charge in [0.2, 0.25) is 5.91 Å². The zero-order valence-electron chi connectivity index (χ0n) is 11.4. The van der Waals surface area contributed by atoms with E-state index in [4.69, 9.17) is 12.2 Å². The van der Waals surface area contributed by atoms with Gasteiger partial charge in [-0.2, -0.15) is 0 Å². The van der Waals surface area contributed by atoms with E-state index >= 15 is 0 Å². The number of nitrogens with zero attached hydrogens (tertiary/aromatic N) is 2. The number of nitrogens with one attached hydrogen (secondary N) is 1. The number of amides is 1. The number of carbonyl (C=O) groups is 1. The second-order valence-electron chi connectivity index (χ2n) is 4.61. The van der Waals surface area contributed by atoms with Crippen LogP contribution >= 0.6 is 12.2 Å². The largest absolute Gasteiger partial charge is 0.344 e. The van der Waals surface area contributed by atoms with Gasteiger partial charge in [0.15, 0.2) is 10.6 Å². The van der Waals surface area contributed by atoms with E-state index in [1.165, 1.54) is 15.5 Å². The molecule has 2 rings (SSSR count). The quantitative estimate of drug-likeness (QED) is 0.885. The van der Waals surface area contributed by atoms with Crippen molar-refractivity contribution >= 4 is 29.2 Å². The molecule has 0 saturated heterocycles. The highest BCUT2D eigenvalue weighted by Crippen LogP contribution is 2.23. The number of rotatable bonds is 3. The number of carbonyl (C=O) groups excluding carboxylic acids is 1. The van der Waals surface area contributed by atoms with Crippen LogP contribution in [0.5, 0.6) is 0 Å². The van der Waals surface area contributed by atoms with Crippen LogP contribution in [0.25, 0.3) is 11.0 Å². The Morgan fingerprint density at radius 2 is 2.15 bits per heavy atom. The fourth-order valence-electron chi connectivity index (χ4n) is 2.12. The van der Waals surface area contributed by atoms with Crippen LogP contribution in [0.15, 0.2) is 12.1 Å². The van der Waals surface area contributed by atoms with Crippen molar-refractivity contribution in [1.82, 2.24) is 14.5 Å². The number of aromatic amines is 1. The number of benzene rings is 1. The average molecular weight is 299 g/mol. The highest BCUT2D eigenvalue weighted by Gasteiger charge is 2.22. The molecular weight excluding hydrogens is 284 g/mol. The molecule has 1 aromatic heterocycles. The van der Waals surface area contributed by atoms with Gasteiger partial charge in [-0.1, -0.05) is 0 Å². The second-order valence-corrected chi connectivity index (χ2v) is 5.00. The van der Waals surface area contributed by atoms with Crippen LogP contribution in [0.2, 0.25) is 0 Å². The van der Waals surface area contributed by atoms with Crippen molar-refractivity contribution in [1.29, 1.82) is 0 Å². The number of H-pyrrole nitrogens is 1. The van der Waals surface area contributed by atoms with Gasteiger partial charge in [0.05, 0.1) is 5.52 Å². The van der Waals surface area contributed by atoms with Crippen molar-refractivity contribution in [2.24, 2.45) is 0 Å². The van der Waals surface area contributed by atoms with Crippen molar-refractivity contribution < 1.29 is 13.6 Å². The highest BCUT2D eigenvalue weighted by atomic mass is 32.1. The Bertz CT molecular complexity index is 722. The first-order valence-electron chi connectivity index (χ1n) is 6.21. The maximum absolute atomic E-state index is 13.7. The number of fused-ring (bicyclic) bond motifs is 1. The molecule has 1 N–H and O–H groups in total. The number of hydrogen-bond donors (Lipinski definition) is 1. The maximum atomic E-state index is 13.7. The molecule has 7 heteroatoms. The second kappa shape index (κ2) is 5.32. The topological polar surface area (TPSA) is 41.0 Å². The van der Waals surface area contributed by atoms with Crippen molar-refractivity contribution in [2.45, 2.75) is 19.9 Å². The minimum atomic E-state index is -0.728. The Kier molecular flexibility index (Phi) is 3.89. The molecule has 0 aliphatic rings. The molecule has 4 nitrogen and oxygen atoms in total. The third-order valence-corrected chi connectivity index (χ3v) is 3.64. The van der Waals surface area contributed by atoms with E-state index in [-0.39, 0.29) is 21.7 Å². The first kappa shape index (κ1) is 14.6. The highest BCUT2D eigenvalue weighted by molar-refractivity contribution is 7.71. The van der Waals surface area contributed by atoms with Gasteiger partial charge in [-0.05, 0) is 32.1 Å². The van der Waals surface area contributed by atoms with Crippen molar-refractivity contribution in [3.8, 4) is 0 Å². The molecule has 0 radical (unpaired) electrons. The van der Waals surface area contributed by atoms with E-state index in [9.17, 15) is 13.6 Å². The summed E-state index contributed by atoms with van der Waals surface area (Å²) in [6.07, 6.45) is 0. The summed E-state index contributed by atoms with van der Waals surface area (Å²) < 4.78 is 28.7. The van der Waals surface area contributed by atoms with Gasteiger partial charge in [0, 0.05) is 19.7 Å². The van der Waals surface area contributed by atoms with E-state index in [1.807, 2.05) is 6.92 Å². The van der Waals surface area contributed by atoms with Gasteiger partial charge < -0.3 is 14.5 Å². The summed E-state index contributed by atoms with van der Waals surface area (Å²) in [6.45, 7) is 4.04. The Hall–Kier alpha value is -1.76. The third kappa shape index (κ3) is 2.33. The predicted molar refractivity (Wildman–Crippen MR) is 75.1 cm³/mol. The summed E-state index contributed by atoms with van der Waals surface area (Å²) in [7, 11) is 1.67. The van der Waals surface area contributed by atoms with E-state index in [0.29, 0.717) is 6.54 Å². The smallest absolute Gasteiger partial charge is 0.245 e. The fourth-order valence-corrected chi connectivity index (χ4v) is 2.48. The SMILES string of the molecule is CCN(C)C(=O)C(C)n1c(=S)[nH]c2c(F)cc(F)cc21. The molecule has 0 aliphatic heterocycles. The van der Waals surface area contributed by atoms with E-state index < -0.39 is 17.7 Å². The summed E-state index contributed by atoms with van der Waals surface area (Å²) in [5, 5.41) is 0. The zero-order valence-corrected chi connectivity index (χ0v) is 12.2. The first-order chi connectivity index (χ1) is 9.36. The maximum Gasteiger partial charge on any atom is 0.245 e. The fraction of sp³-hybridized carbons (Fsp3) is 0.385. The van der Waals surface area contributed by atoms with E-state index in [2.05, 4.69) is 4.98 Å². The lowest BCUT2D eigenvalue weighted by Gasteiger charge is -2.21. The molecule has 108 valence electrons. The lowest BCUT2D eigenvalue weighted by atomic mass is 10.2. The Balaban J connectivity index is 2.63. The normalized spacial score (nSPS) is 12.7. The molecule has 1 aromatic carbocycles. The lowest BCUT2D eigenvalue weighted by Crippen LogP contribution is -2.33. The summed E-state index contributed by atoms with van der Waals surface area (Å²) in [6, 6.07) is 1.31. The van der Waals surface area contributed by atoms with Gasteiger partial charge in [-0.15, -0.1) is 0 Å². The zero-order chi connectivity index (χ0) is 15.0. The average Bonchev–Trinajstić information content (AvgIpc) is 2.72. The van der Waals surface area contributed by atoms with Crippen molar-refractivity contribution in [3.05, 3.63) is 28.5 Å². The molecule has 0 saturated carbocycles.